The third kappa shape index (κ3) is 2.27. The summed E-state index contributed by atoms with van der Waals surface area (Å²) in [6.45, 7) is 0.745. The van der Waals surface area contributed by atoms with Gasteiger partial charge in [0.25, 0.3) is 0 Å². The van der Waals surface area contributed by atoms with Crippen molar-refractivity contribution in [2.24, 2.45) is 0 Å². The molecule has 5 heteroatoms. The summed E-state index contributed by atoms with van der Waals surface area (Å²) in [5, 5.41) is 11.8. The lowest BCUT2D eigenvalue weighted by atomic mass is 10.1. The molecule has 3 aromatic rings. The number of aromatic nitrogens is 2. The number of halogens is 1. The first-order valence-corrected chi connectivity index (χ1v) is 7.40. The van der Waals surface area contributed by atoms with E-state index in [0.29, 0.717) is 5.15 Å². The standard InChI is InChI=1S/C17H13ClN4/c18-16-10-15-17(21-20-16)19-13-8-4-5-9-14(13)22(15)11-12-6-2-1-3-7-12/h1-10H,11H2,(H,19,21). The molecule has 2 aromatic carbocycles. The number of nitrogens with one attached hydrogen (secondary N) is 1. The molecular weight excluding hydrogens is 296 g/mol. The molecule has 0 atom stereocenters. The van der Waals surface area contributed by atoms with Crippen molar-refractivity contribution in [3.63, 3.8) is 0 Å². The van der Waals surface area contributed by atoms with Crippen LogP contribution in [0.3, 0.4) is 0 Å². The average Bonchev–Trinajstić information content (AvgIpc) is 2.56. The predicted octanol–water partition coefficient (Wildman–Crippen LogP) is 4.53. The Hall–Kier alpha value is -2.59. The van der Waals surface area contributed by atoms with Gasteiger partial charge in [-0.1, -0.05) is 54.1 Å². The second-order valence-electron chi connectivity index (χ2n) is 5.11. The van der Waals surface area contributed by atoms with Gasteiger partial charge in [0.15, 0.2) is 11.0 Å². The van der Waals surface area contributed by atoms with Crippen molar-refractivity contribution in [1.82, 2.24) is 10.2 Å². The predicted molar refractivity (Wildman–Crippen MR) is 89.1 cm³/mol. The van der Waals surface area contributed by atoms with Crippen molar-refractivity contribution in [3.8, 4) is 0 Å². The van der Waals surface area contributed by atoms with E-state index in [2.05, 4.69) is 38.6 Å². The van der Waals surface area contributed by atoms with Crippen molar-refractivity contribution in [1.29, 1.82) is 0 Å². The molecule has 0 saturated heterocycles. The van der Waals surface area contributed by atoms with Gasteiger partial charge in [0.1, 0.15) is 0 Å². The third-order valence-electron chi connectivity index (χ3n) is 3.67. The fourth-order valence-electron chi connectivity index (χ4n) is 2.66. The number of hydrogen-bond donors (Lipinski definition) is 1. The van der Waals surface area contributed by atoms with Gasteiger partial charge < -0.3 is 10.2 Å². The Morgan fingerprint density at radius 1 is 0.909 bits per heavy atom. The fourth-order valence-corrected chi connectivity index (χ4v) is 2.80. The van der Waals surface area contributed by atoms with Crippen molar-refractivity contribution in [2.75, 3.05) is 10.2 Å². The summed E-state index contributed by atoms with van der Waals surface area (Å²) >= 11 is 6.04. The first kappa shape index (κ1) is 13.1. The molecule has 1 aliphatic rings. The van der Waals surface area contributed by atoms with Gasteiger partial charge in [-0.2, -0.15) is 0 Å². The lowest BCUT2D eigenvalue weighted by Gasteiger charge is -2.32. The SMILES string of the molecule is Clc1cc2c(nn1)Nc1ccccc1N2Cc1ccccc1. The Bertz CT molecular complexity index is 820. The Balaban J connectivity index is 1.83. The molecule has 0 aliphatic carbocycles. The molecule has 0 amide bonds. The number of hydrogen-bond acceptors (Lipinski definition) is 4. The molecule has 4 rings (SSSR count). The van der Waals surface area contributed by atoms with Crippen molar-refractivity contribution >= 4 is 34.5 Å². The molecule has 108 valence electrons. The van der Waals surface area contributed by atoms with Crippen LogP contribution in [0, 0.1) is 0 Å². The number of fused-ring (bicyclic) bond motifs is 2. The molecular formula is C17H13ClN4. The highest BCUT2D eigenvalue weighted by Crippen LogP contribution is 2.43. The van der Waals surface area contributed by atoms with Gasteiger partial charge in [-0.05, 0) is 17.7 Å². The molecule has 1 aliphatic heterocycles. The van der Waals surface area contributed by atoms with Gasteiger partial charge in [0.2, 0.25) is 0 Å². The van der Waals surface area contributed by atoms with Gasteiger partial charge in [0.05, 0.1) is 17.1 Å². The Morgan fingerprint density at radius 3 is 2.55 bits per heavy atom. The Kier molecular flexibility index (Phi) is 3.16. The first-order chi connectivity index (χ1) is 10.8. The molecule has 0 saturated carbocycles. The minimum Gasteiger partial charge on any atom is -0.335 e. The minimum atomic E-state index is 0.387. The lowest BCUT2D eigenvalue weighted by molar-refractivity contribution is 0.937. The van der Waals surface area contributed by atoms with E-state index in [9.17, 15) is 0 Å². The van der Waals surface area contributed by atoms with Crippen LogP contribution in [-0.4, -0.2) is 10.2 Å². The van der Waals surface area contributed by atoms with Crippen LogP contribution in [0.1, 0.15) is 5.56 Å². The molecule has 0 fully saturated rings. The summed E-state index contributed by atoms with van der Waals surface area (Å²) in [5.74, 6) is 0.721. The van der Waals surface area contributed by atoms with Crippen molar-refractivity contribution in [2.45, 2.75) is 6.54 Å². The fraction of sp³-hybridized carbons (Fsp3) is 0.0588. The second kappa shape index (κ2) is 5.31. The van der Waals surface area contributed by atoms with Crippen LogP contribution in [0.2, 0.25) is 5.15 Å². The highest BCUT2D eigenvalue weighted by atomic mass is 35.5. The topological polar surface area (TPSA) is 41.1 Å². The van der Waals surface area contributed by atoms with Crippen LogP contribution < -0.4 is 10.2 Å². The average molecular weight is 309 g/mol. The molecule has 1 aromatic heterocycles. The Labute approximate surface area is 133 Å². The van der Waals surface area contributed by atoms with Crippen LogP contribution >= 0.6 is 11.6 Å². The van der Waals surface area contributed by atoms with E-state index in [-0.39, 0.29) is 0 Å². The summed E-state index contributed by atoms with van der Waals surface area (Å²) in [7, 11) is 0. The van der Waals surface area contributed by atoms with Crippen LogP contribution in [-0.2, 0) is 6.54 Å². The van der Waals surface area contributed by atoms with Crippen LogP contribution in [0.4, 0.5) is 22.9 Å². The summed E-state index contributed by atoms with van der Waals surface area (Å²) in [5.41, 5.74) is 4.27. The maximum Gasteiger partial charge on any atom is 0.177 e. The maximum atomic E-state index is 6.04. The molecule has 4 nitrogen and oxygen atoms in total. The van der Waals surface area contributed by atoms with Crippen LogP contribution in [0.5, 0.6) is 0 Å². The number of anilines is 4. The van der Waals surface area contributed by atoms with Crippen LogP contribution in [0.15, 0.2) is 60.7 Å². The second-order valence-corrected chi connectivity index (χ2v) is 5.50. The van der Waals surface area contributed by atoms with E-state index in [4.69, 9.17) is 11.6 Å². The maximum absolute atomic E-state index is 6.04. The molecule has 0 unspecified atom stereocenters. The van der Waals surface area contributed by atoms with E-state index in [1.807, 2.05) is 42.5 Å². The number of benzene rings is 2. The van der Waals surface area contributed by atoms with Gasteiger partial charge >= 0.3 is 0 Å². The zero-order chi connectivity index (χ0) is 14.9. The smallest absolute Gasteiger partial charge is 0.177 e. The van der Waals surface area contributed by atoms with E-state index >= 15 is 0 Å². The highest BCUT2D eigenvalue weighted by Gasteiger charge is 2.24. The monoisotopic (exact) mass is 308 g/mol. The van der Waals surface area contributed by atoms with Crippen molar-refractivity contribution < 1.29 is 0 Å². The third-order valence-corrected chi connectivity index (χ3v) is 3.85. The molecule has 2 heterocycles. The van der Waals surface area contributed by atoms with Gasteiger partial charge in [-0.25, -0.2) is 0 Å². The zero-order valence-electron chi connectivity index (χ0n) is 11.7. The van der Waals surface area contributed by atoms with Crippen molar-refractivity contribution in [3.05, 3.63) is 71.4 Å². The highest BCUT2D eigenvalue weighted by molar-refractivity contribution is 6.29. The molecule has 22 heavy (non-hydrogen) atoms. The summed E-state index contributed by atoms with van der Waals surface area (Å²) in [4.78, 5) is 2.21. The lowest BCUT2D eigenvalue weighted by Crippen LogP contribution is -2.23. The van der Waals surface area contributed by atoms with E-state index in [0.717, 1.165) is 29.4 Å². The summed E-state index contributed by atoms with van der Waals surface area (Å²) in [6.07, 6.45) is 0. The first-order valence-electron chi connectivity index (χ1n) is 7.02. The number of para-hydroxylation sites is 2. The van der Waals surface area contributed by atoms with E-state index in [1.54, 1.807) is 0 Å². The molecule has 0 bridgehead atoms. The van der Waals surface area contributed by atoms with Gasteiger partial charge in [-0.3, -0.25) is 0 Å². The van der Waals surface area contributed by atoms with Crippen LogP contribution in [0.25, 0.3) is 0 Å². The van der Waals surface area contributed by atoms with E-state index in [1.165, 1.54) is 5.56 Å². The zero-order valence-corrected chi connectivity index (χ0v) is 12.5. The minimum absolute atomic E-state index is 0.387. The summed E-state index contributed by atoms with van der Waals surface area (Å²) in [6, 6.07) is 20.3. The quantitative estimate of drug-likeness (QED) is 0.755. The molecule has 0 spiro atoms. The largest absolute Gasteiger partial charge is 0.335 e. The molecule has 1 N–H and O–H groups in total. The van der Waals surface area contributed by atoms with E-state index < -0.39 is 0 Å². The molecule has 0 radical (unpaired) electrons. The normalized spacial score (nSPS) is 12.3. The Morgan fingerprint density at radius 2 is 1.68 bits per heavy atom. The number of nitrogens with zero attached hydrogens (tertiary/aromatic N) is 3. The van der Waals surface area contributed by atoms with Gasteiger partial charge in [0, 0.05) is 12.6 Å². The van der Waals surface area contributed by atoms with Gasteiger partial charge in [-0.15, -0.1) is 10.2 Å². The summed E-state index contributed by atoms with van der Waals surface area (Å²) < 4.78 is 0. The number of rotatable bonds is 2.